The topological polar surface area (TPSA) is 40.5 Å². The molecule has 22 heavy (non-hydrogen) atoms. The number of hydrogen-bond donors (Lipinski definition) is 1. The van der Waals surface area contributed by atoms with Crippen LogP contribution in [0.3, 0.4) is 0 Å². The molecule has 0 saturated carbocycles. The summed E-state index contributed by atoms with van der Waals surface area (Å²) in [4.78, 5) is 14.4. The van der Waals surface area contributed by atoms with Crippen molar-refractivity contribution >= 4 is 5.91 Å². The average Bonchev–Trinajstić information content (AvgIpc) is 2.90. The molecule has 114 valence electrons. The lowest BCUT2D eigenvalue weighted by Crippen LogP contribution is -2.41. The van der Waals surface area contributed by atoms with E-state index in [9.17, 15) is 9.90 Å². The van der Waals surface area contributed by atoms with Crippen LogP contribution in [0.5, 0.6) is 0 Å². The molecule has 2 atom stereocenters. The predicted molar refractivity (Wildman–Crippen MR) is 86.4 cm³/mol. The molecule has 3 nitrogen and oxygen atoms in total. The van der Waals surface area contributed by atoms with Crippen molar-refractivity contribution in [3.63, 3.8) is 0 Å². The third kappa shape index (κ3) is 3.37. The average molecular weight is 295 g/mol. The second-order valence-corrected chi connectivity index (χ2v) is 5.86. The Morgan fingerprint density at radius 2 is 1.59 bits per heavy atom. The van der Waals surface area contributed by atoms with Gasteiger partial charge in [0, 0.05) is 6.54 Å². The van der Waals surface area contributed by atoms with Crippen LogP contribution in [0.25, 0.3) is 0 Å². The Labute approximate surface area is 131 Å². The smallest absolute Gasteiger partial charge is 0.227 e. The zero-order valence-electron chi connectivity index (χ0n) is 12.6. The fourth-order valence-electron chi connectivity index (χ4n) is 3.12. The van der Waals surface area contributed by atoms with Gasteiger partial charge in [-0.05, 0) is 24.0 Å². The van der Waals surface area contributed by atoms with Crippen molar-refractivity contribution < 1.29 is 9.90 Å². The molecular weight excluding hydrogens is 274 g/mol. The fourth-order valence-corrected chi connectivity index (χ4v) is 3.12. The number of benzene rings is 2. The van der Waals surface area contributed by atoms with E-state index in [1.165, 1.54) is 0 Å². The van der Waals surface area contributed by atoms with Crippen molar-refractivity contribution in [2.24, 2.45) is 0 Å². The zero-order valence-corrected chi connectivity index (χ0v) is 12.6. The van der Waals surface area contributed by atoms with Crippen LogP contribution in [0.4, 0.5) is 0 Å². The first-order valence-corrected chi connectivity index (χ1v) is 7.79. The van der Waals surface area contributed by atoms with Crippen molar-refractivity contribution in [3.8, 4) is 0 Å². The minimum atomic E-state index is -0.431. The molecule has 1 heterocycles. The van der Waals surface area contributed by atoms with Crippen LogP contribution in [0.2, 0.25) is 0 Å². The Morgan fingerprint density at radius 3 is 2.23 bits per heavy atom. The summed E-state index contributed by atoms with van der Waals surface area (Å²) in [5.74, 6) is 0.101. The fraction of sp³-hybridized carbons (Fsp3) is 0.316. The predicted octanol–water partition coefficient (Wildman–Crippen LogP) is 2.43. The minimum Gasteiger partial charge on any atom is -0.391 e. The monoisotopic (exact) mass is 295 g/mol. The number of aliphatic hydroxyl groups excluding tert-OH is 1. The lowest BCUT2D eigenvalue weighted by atomic mass is 10.0. The molecule has 1 aliphatic heterocycles. The molecule has 1 saturated heterocycles. The van der Waals surface area contributed by atoms with Crippen molar-refractivity contribution in [2.45, 2.75) is 31.4 Å². The highest BCUT2D eigenvalue weighted by Gasteiger charge is 2.35. The molecule has 0 aliphatic carbocycles. The maximum absolute atomic E-state index is 12.6. The van der Waals surface area contributed by atoms with Crippen LogP contribution in [0, 0.1) is 0 Å². The number of carbonyl (C=O) groups excluding carboxylic acids is 1. The first-order chi connectivity index (χ1) is 10.7. The molecule has 0 spiro atoms. The van der Waals surface area contributed by atoms with Crippen LogP contribution in [0.15, 0.2) is 60.7 Å². The lowest BCUT2D eigenvalue weighted by Gasteiger charge is -2.26. The van der Waals surface area contributed by atoms with E-state index in [2.05, 4.69) is 0 Å². The quantitative estimate of drug-likeness (QED) is 0.941. The molecule has 1 aliphatic rings. The van der Waals surface area contributed by atoms with Gasteiger partial charge in [-0.1, -0.05) is 60.7 Å². The van der Waals surface area contributed by atoms with Gasteiger partial charge in [-0.3, -0.25) is 4.79 Å². The van der Waals surface area contributed by atoms with Gasteiger partial charge in [-0.15, -0.1) is 0 Å². The maximum atomic E-state index is 12.6. The van der Waals surface area contributed by atoms with Gasteiger partial charge in [0.25, 0.3) is 0 Å². The molecule has 1 fully saturated rings. The van der Waals surface area contributed by atoms with E-state index in [0.29, 0.717) is 25.8 Å². The molecule has 3 heteroatoms. The van der Waals surface area contributed by atoms with Gasteiger partial charge in [0.05, 0.1) is 18.6 Å². The first-order valence-electron chi connectivity index (χ1n) is 7.79. The number of hydrogen-bond acceptors (Lipinski definition) is 2. The van der Waals surface area contributed by atoms with Gasteiger partial charge >= 0.3 is 0 Å². The van der Waals surface area contributed by atoms with Crippen LogP contribution in [-0.4, -0.2) is 34.6 Å². The number of carbonyl (C=O) groups is 1. The van der Waals surface area contributed by atoms with Gasteiger partial charge in [0.15, 0.2) is 0 Å². The zero-order chi connectivity index (χ0) is 15.4. The third-order valence-electron chi connectivity index (χ3n) is 4.32. The largest absolute Gasteiger partial charge is 0.391 e. The second-order valence-electron chi connectivity index (χ2n) is 5.86. The minimum absolute atomic E-state index is 0.101. The number of amides is 1. The summed E-state index contributed by atoms with van der Waals surface area (Å²) in [5, 5.41) is 10.2. The highest BCUT2D eigenvalue weighted by molar-refractivity contribution is 5.79. The summed E-state index contributed by atoms with van der Waals surface area (Å²) in [5.41, 5.74) is 2.18. The van der Waals surface area contributed by atoms with Gasteiger partial charge < -0.3 is 10.0 Å². The maximum Gasteiger partial charge on any atom is 0.227 e. The SMILES string of the molecule is O=C(Cc1ccccc1)N1CC[C@@H](O)[C@H]1Cc1ccccc1. The van der Waals surface area contributed by atoms with Crippen LogP contribution < -0.4 is 0 Å². The van der Waals surface area contributed by atoms with Gasteiger partial charge in [-0.25, -0.2) is 0 Å². The molecule has 0 aromatic heterocycles. The summed E-state index contributed by atoms with van der Waals surface area (Å²) < 4.78 is 0. The van der Waals surface area contributed by atoms with E-state index in [1.807, 2.05) is 65.6 Å². The van der Waals surface area contributed by atoms with Crippen molar-refractivity contribution in [1.29, 1.82) is 0 Å². The van der Waals surface area contributed by atoms with Gasteiger partial charge in [0.1, 0.15) is 0 Å². The molecule has 0 radical (unpaired) electrons. The van der Waals surface area contributed by atoms with Gasteiger partial charge in [0.2, 0.25) is 5.91 Å². The van der Waals surface area contributed by atoms with Gasteiger partial charge in [-0.2, -0.15) is 0 Å². The highest BCUT2D eigenvalue weighted by Crippen LogP contribution is 2.23. The van der Waals surface area contributed by atoms with E-state index in [4.69, 9.17) is 0 Å². The van der Waals surface area contributed by atoms with Crippen molar-refractivity contribution in [3.05, 3.63) is 71.8 Å². The number of nitrogens with zero attached hydrogens (tertiary/aromatic N) is 1. The molecule has 0 bridgehead atoms. The van der Waals surface area contributed by atoms with Crippen molar-refractivity contribution in [2.75, 3.05) is 6.54 Å². The molecule has 1 amide bonds. The summed E-state index contributed by atoms with van der Waals surface area (Å²) >= 11 is 0. The first kappa shape index (κ1) is 14.8. The van der Waals surface area contributed by atoms with Crippen LogP contribution in [0.1, 0.15) is 17.5 Å². The highest BCUT2D eigenvalue weighted by atomic mass is 16.3. The second kappa shape index (κ2) is 6.75. The summed E-state index contributed by atoms with van der Waals surface area (Å²) in [6, 6.07) is 19.7. The Balaban J connectivity index is 1.70. The molecule has 2 aromatic carbocycles. The number of rotatable bonds is 4. The molecule has 3 rings (SSSR count). The van der Waals surface area contributed by atoms with E-state index in [-0.39, 0.29) is 11.9 Å². The van der Waals surface area contributed by atoms with E-state index >= 15 is 0 Å². The van der Waals surface area contributed by atoms with Crippen LogP contribution in [-0.2, 0) is 17.6 Å². The molecule has 0 unspecified atom stereocenters. The van der Waals surface area contributed by atoms with Crippen LogP contribution >= 0.6 is 0 Å². The standard InChI is InChI=1S/C19H21NO2/c21-18-11-12-20(17(18)13-15-7-3-1-4-8-15)19(22)14-16-9-5-2-6-10-16/h1-10,17-18,21H,11-14H2/t17-,18-/m1/s1. The van der Waals surface area contributed by atoms with E-state index in [0.717, 1.165) is 11.1 Å². The van der Waals surface area contributed by atoms with E-state index < -0.39 is 6.10 Å². The molecule has 1 N–H and O–H groups in total. The lowest BCUT2D eigenvalue weighted by molar-refractivity contribution is -0.132. The van der Waals surface area contributed by atoms with E-state index in [1.54, 1.807) is 0 Å². The van der Waals surface area contributed by atoms with Crippen molar-refractivity contribution in [1.82, 2.24) is 4.90 Å². The molecular formula is C19H21NO2. The number of aliphatic hydroxyl groups is 1. The Morgan fingerprint density at radius 1 is 1.00 bits per heavy atom. The summed E-state index contributed by atoms with van der Waals surface area (Å²) in [7, 11) is 0. The Bertz CT molecular complexity index is 612. The number of likely N-dealkylation sites (tertiary alicyclic amines) is 1. The summed E-state index contributed by atoms with van der Waals surface area (Å²) in [6.45, 7) is 0.643. The molecule has 2 aromatic rings. The Hall–Kier alpha value is -2.13. The third-order valence-corrected chi connectivity index (χ3v) is 4.32. The Kier molecular flexibility index (Phi) is 4.54. The summed E-state index contributed by atoms with van der Waals surface area (Å²) in [6.07, 6.45) is 1.35. The normalized spacial score (nSPS) is 21.0.